The number of unbranched alkanes of at least 4 members (excludes halogenated alkanes) is 1. The predicted octanol–water partition coefficient (Wildman–Crippen LogP) is 19.5. The zero-order valence-electron chi connectivity index (χ0n) is 45.0. The van der Waals surface area contributed by atoms with Crippen LogP contribution in [-0.2, 0) is 0 Å². The predicted molar refractivity (Wildman–Crippen MR) is 314 cm³/mol. The van der Waals surface area contributed by atoms with E-state index in [4.69, 9.17) is 19.4 Å². The quantitative estimate of drug-likeness (QED) is 0.121. The lowest BCUT2D eigenvalue weighted by molar-refractivity contribution is -0.114. The molecule has 0 radical (unpaired) electrons. The third kappa shape index (κ3) is 8.04. The van der Waals surface area contributed by atoms with Crippen molar-refractivity contribution in [3.05, 3.63) is 169 Å². The van der Waals surface area contributed by atoms with Crippen LogP contribution in [0, 0.1) is 46.3 Å². The molecule has 10 aromatic rings. The van der Waals surface area contributed by atoms with Gasteiger partial charge in [-0.3, -0.25) is 0 Å². The molecule has 4 saturated carbocycles. The summed E-state index contributed by atoms with van der Waals surface area (Å²) < 4.78 is 8.99. The zero-order valence-corrected chi connectivity index (χ0v) is 45.0. The van der Waals surface area contributed by atoms with Gasteiger partial charge in [0, 0.05) is 43.9 Å². The molecular weight excluding hydrogens is 925 g/mol. The fourth-order valence-electron chi connectivity index (χ4n) is 16.5. The van der Waals surface area contributed by atoms with Crippen LogP contribution in [0.15, 0.2) is 168 Å². The fraction of sp³-hybridized carbons (Fsp3) is 0.366. The molecule has 76 heavy (non-hydrogen) atoms. The summed E-state index contributed by atoms with van der Waals surface area (Å²) in [5, 5.41) is 4.51. The van der Waals surface area contributed by atoms with Gasteiger partial charge in [-0.25, -0.2) is 15.0 Å². The summed E-state index contributed by atoms with van der Waals surface area (Å²) in [5.41, 5.74) is 12.9. The van der Waals surface area contributed by atoms with E-state index in [1.807, 2.05) is 6.07 Å². The van der Waals surface area contributed by atoms with Gasteiger partial charge in [0.1, 0.15) is 11.2 Å². The normalized spacial score (nSPS) is 25.3. The summed E-state index contributed by atoms with van der Waals surface area (Å²) in [7, 11) is 0. The van der Waals surface area contributed by atoms with Crippen molar-refractivity contribution in [2.24, 2.45) is 46.3 Å². The van der Waals surface area contributed by atoms with Crippen LogP contribution in [0.25, 0.3) is 94.7 Å². The maximum atomic E-state index is 6.62. The molecule has 382 valence electrons. The first-order valence-electron chi connectivity index (χ1n) is 29.2. The molecule has 8 atom stereocenters. The van der Waals surface area contributed by atoms with Gasteiger partial charge in [-0.15, -0.1) is 0 Å². The van der Waals surface area contributed by atoms with E-state index in [2.05, 4.69) is 190 Å². The molecule has 0 bridgehead atoms. The van der Waals surface area contributed by atoms with Crippen molar-refractivity contribution < 1.29 is 4.42 Å². The zero-order chi connectivity index (χ0) is 51.1. The van der Waals surface area contributed by atoms with Crippen LogP contribution in [-0.4, -0.2) is 19.5 Å². The average molecular weight is 997 g/mol. The molecule has 0 spiro atoms. The minimum atomic E-state index is 0.482. The Labute approximate surface area is 449 Å². The molecule has 5 heteroatoms. The number of rotatable bonds is 11. The van der Waals surface area contributed by atoms with Crippen molar-refractivity contribution in [3.63, 3.8) is 0 Å². The molecule has 0 aliphatic heterocycles. The molecule has 4 aliphatic carbocycles. The van der Waals surface area contributed by atoms with Crippen molar-refractivity contribution in [2.45, 2.75) is 117 Å². The van der Waals surface area contributed by atoms with Crippen molar-refractivity contribution in [1.82, 2.24) is 19.5 Å². The van der Waals surface area contributed by atoms with Gasteiger partial charge >= 0.3 is 0 Å². The monoisotopic (exact) mass is 997 g/mol. The number of hydrogen-bond donors (Lipinski definition) is 0. The number of furan rings is 1. The van der Waals surface area contributed by atoms with E-state index in [0.29, 0.717) is 34.2 Å². The first-order chi connectivity index (χ1) is 37.2. The molecule has 4 aliphatic rings. The maximum Gasteiger partial charge on any atom is 0.164 e. The molecule has 8 unspecified atom stereocenters. The number of para-hydroxylation sites is 2. The minimum Gasteiger partial charge on any atom is -0.456 e. The highest BCUT2D eigenvalue weighted by atomic mass is 16.3. The van der Waals surface area contributed by atoms with Crippen LogP contribution in [0.2, 0.25) is 0 Å². The number of hydrogen-bond acceptors (Lipinski definition) is 4. The summed E-state index contributed by atoms with van der Waals surface area (Å²) in [4.78, 5) is 15.8. The Balaban J connectivity index is 0.753. The van der Waals surface area contributed by atoms with Crippen LogP contribution in [0.4, 0.5) is 0 Å². The summed E-state index contributed by atoms with van der Waals surface area (Å²) in [6, 6.07) is 58.8. The topological polar surface area (TPSA) is 56.7 Å². The Kier molecular flexibility index (Phi) is 11.9. The van der Waals surface area contributed by atoms with Crippen molar-refractivity contribution >= 4 is 43.7 Å². The highest BCUT2D eigenvalue weighted by Crippen LogP contribution is 2.69. The largest absolute Gasteiger partial charge is 0.456 e. The summed E-state index contributed by atoms with van der Waals surface area (Å²) >= 11 is 0. The SMILES string of the molecule is CC(C)CCCCC1CCC2C3CCC4CC(c5ccc(-c6nc(-c7ccccc7)nc(-c7cccc8oc9ccc(-c%10ccc%11c(c%10)c%10ccccc%10n%11-c%10ccccc%10)cc9c78)n6)cc5)CCC4(C)C3CCC12C. The van der Waals surface area contributed by atoms with Gasteiger partial charge in [-0.1, -0.05) is 162 Å². The number of fused-ring (bicyclic) bond motifs is 11. The molecule has 3 heterocycles. The Morgan fingerprint density at radius 3 is 2.01 bits per heavy atom. The van der Waals surface area contributed by atoms with Crippen LogP contribution < -0.4 is 0 Å². The molecule has 0 amide bonds. The van der Waals surface area contributed by atoms with Gasteiger partial charge < -0.3 is 8.98 Å². The van der Waals surface area contributed by atoms with Crippen molar-refractivity contribution in [1.29, 1.82) is 0 Å². The Bertz CT molecular complexity index is 3760. The Morgan fingerprint density at radius 2 is 1.21 bits per heavy atom. The second-order valence-corrected chi connectivity index (χ2v) is 24.8. The molecule has 0 N–H and O–H groups in total. The molecule has 14 rings (SSSR count). The lowest BCUT2D eigenvalue weighted by atomic mass is 9.44. The average Bonchev–Trinajstić information content (AvgIpc) is 4.19. The summed E-state index contributed by atoms with van der Waals surface area (Å²) in [6.45, 7) is 10.3. The van der Waals surface area contributed by atoms with Crippen molar-refractivity contribution in [3.8, 4) is 51.0 Å². The van der Waals surface area contributed by atoms with E-state index in [1.54, 1.807) is 0 Å². The second kappa shape index (κ2) is 19.0. The van der Waals surface area contributed by atoms with Crippen molar-refractivity contribution in [2.75, 3.05) is 0 Å². The third-order valence-electron chi connectivity index (χ3n) is 20.5. The number of aromatic nitrogens is 4. The van der Waals surface area contributed by atoms with E-state index < -0.39 is 0 Å². The maximum absolute atomic E-state index is 6.62. The molecule has 5 nitrogen and oxygen atoms in total. The van der Waals surface area contributed by atoms with Crippen LogP contribution >= 0.6 is 0 Å². The van der Waals surface area contributed by atoms with E-state index in [-0.39, 0.29) is 0 Å². The number of benzene rings is 7. The van der Waals surface area contributed by atoms with Gasteiger partial charge in [-0.2, -0.15) is 0 Å². The van der Waals surface area contributed by atoms with Crippen LogP contribution in [0.3, 0.4) is 0 Å². The third-order valence-corrected chi connectivity index (χ3v) is 20.5. The summed E-state index contributed by atoms with van der Waals surface area (Å²) in [6.07, 6.45) is 18.5. The molecule has 3 aromatic heterocycles. The number of nitrogens with zero attached hydrogens (tertiary/aromatic N) is 4. The fourth-order valence-corrected chi connectivity index (χ4v) is 16.5. The Morgan fingerprint density at radius 1 is 0.539 bits per heavy atom. The van der Waals surface area contributed by atoms with E-state index in [0.717, 1.165) is 91.0 Å². The molecular formula is C71H72N4O. The second-order valence-electron chi connectivity index (χ2n) is 24.8. The molecule has 4 fully saturated rings. The molecule has 0 saturated heterocycles. The van der Waals surface area contributed by atoms with Gasteiger partial charge in [0.15, 0.2) is 17.5 Å². The van der Waals surface area contributed by atoms with E-state index in [1.165, 1.54) is 111 Å². The first-order valence-corrected chi connectivity index (χ1v) is 29.2. The lowest BCUT2D eigenvalue weighted by Gasteiger charge is -2.61. The standard InChI is InChI=1S/C71H72N4O/c1-45(2)16-11-12-19-52-33-35-60-56-34-32-53-42-51(38-40-71(53,4)61(56)39-41-70(52,60)3)46-26-28-48(29-27-46)68-72-67(47-17-7-5-8-18-47)73-69(74-68)57-23-15-25-65-66(57)59-44-50(31-37-64(59)76-65)49-30-36-63-58(43-49)55-22-13-14-24-62(55)75(63)54-20-9-6-10-21-54/h5-10,13-15,17-18,20-31,36-37,43-45,51-53,56,60-61H,11-12,16,19,32-35,38-42H2,1-4H3. The van der Waals surface area contributed by atoms with Crippen LogP contribution in [0.5, 0.6) is 0 Å². The first kappa shape index (κ1) is 47.6. The van der Waals surface area contributed by atoms with Crippen LogP contribution in [0.1, 0.15) is 123 Å². The van der Waals surface area contributed by atoms with Gasteiger partial charge in [-0.05, 0) is 182 Å². The molecule has 7 aromatic carbocycles. The summed E-state index contributed by atoms with van der Waals surface area (Å²) in [5.74, 6) is 8.01. The van der Waals surface area contributed by atoms with Gasteiger partial charge in [0.05, 0.1) is 11.0 Å². The van der Waals surface area contributed by atoms with E-state index >= 15 is 0 Å². The highest BCUT2D eigenvalue weighted by Gasteiger charge is 2.60. The lowest BCUT2D eigenvalue weighted by Crippen LogP contribution is -2.53. The highest BCUT2D eigenvalue weighted by molar-refractivity contribution is 6.14. The van der Waals surface area contributed by atoms with E-state index in [9.17, 15) is 0 Å². The van der Waals surface area contributed by atoms with Gasteiger partial charge in [0.25, 0.3) is 0 Å². The van der Waals surface area contributed by atoms with Gasteiger partial charge in [0.2, 0.25) is 0 Å². The Hall–Kier alpha value is -6.85. The minimum absolute atomic E-state index is 0.482. The smallest absolute Gasteiger partial charge is 0.164 e.